The van der Waals surface area contributed by atoms with Crippen molar-refractivity contribution >= 4 is 24.8 Å². The van der Waals surface area contributed by atoms with Crippen LogP contribution < -0.4 is 28.1 Å². The molecule has 0 saturated carbocycles. The first-order chi connectivity index (χ1) is 22.6. The summed E-state index contributed by atoms with van der Waals surface area (Å²) in [4.78, 5) is 0. The van der Waals surface area contributed by atoms with Crippen molar-refractivity contribution in [3.63, 3.8) is 0 Å². The molecule has 6 aromatic rings. The van der Waals surface area contributed by atoms with E-state index in [0.29, 0.717) is 0 Å². The van der Waals surface area contributed by atoms with Crippen LogP contribution in [0.4, 0.5) is 0 Å². The van der Waals surface area contributed by atoms with Crippen molar-refractivity contribution in [2.75, 3.05) is 0 Å². The molecular formula is C46H42Cl2Zr. The Kier molecular flexibility index (Phi) is 9.80. The second-order valence-electron chi connectivity index (χ2n) is 15.4. The molecule has 2 aliphatic rings. The van der Waals surface area contributed by atoms with Crippen molar-refractivity contribution in [2.24, 2.45) is 0 Å². The minimum atomic E-state index is -1.10. The van der Waals surface area contributed by atoms with E-state index >= 15 is 0 Å². The number of rotatable bonds is 4. The van der Waals surface area contributed by atoms with Crippen molar-refractivity contribution in [2.45, 2.75) is 65.2 Å². The zero-order valence-corrected chi connectivity index (χ0v) is 33.2. The van der Waals surface area contributed by atoms with Gasteiger partial charge in [0.15, 0.2) is 0 Å². The van der Waals surface area contributed by atoms with Crippen molar-refractivity contribution in [1.82, 2.24) is 0 Å². The summed E-state index contributed by atoms with van der Waals surface area (Å²) in [7, 11) is 0. The van der Waals surface area contributed by atoms with Crippen molar-refractivity contribution < 1.29 is 48.0 Å². The maximum absolute atomic E-state index is 2.60. The molecule has 8 rings (SSSR count). The van der Waals surface area contributed by atoms with Gasteiger partial charge in [0.05, 0.1) is 0 Å². The van der Waals surface area contributed by atoms with Gasteiger partial charge >= 0.3 is 294 Å². The van der Waals surface area contributed by atoms with E-state index in [4.69, 9.17) is 0 Å². The molecule has 3 heteroatoms. The molecule has 0 bridgehead atoms. The van der Waals surface area contributed by atoms with Gasteiger partial charge in [0.1, 0.15) is 0 Å². The molecule has 6 aromatic carbocycles. The largest absolute Gasteiger partial charge is 1.00 e. The molecule has 0 atom stereocenters. The predicted octanol–water partition coefficient (Wildman–Crippen LogP) is 6.05. The number of hydrogen-bond acceptors (Lipinski definition) is 0. The van der Waals surface area contributed by atoms with Gasteiger partial charge in [-0.2, -0.15) is 0 Å². The van der Waals surface area contributed by atoms with Gasteiger partial charge in [0.25, 0.3) is 0 Å². The molecule has 2 aliphatic carbocycles. The van der Waals surface area contributed by atoms with E-state index in [1.807, 2.05) is 0 Å². The first-order valence-electron chi connectivity index (χ1n) is 17.0. The third-order valence-corrected chi connectivity index (χ3v) is 13.8. The normalized spacial score (nSPS) is 13.4. The van der Waals surface area contributed by atoms with Gasteiger partial charge in [-0.15, -0.1) is 0 Å². The summed E-state index contributed by atoms with van der Waals surface area (Å²) < 4.78 is 3.36. The van der Waals surface area contributed by atoms with Gasteiger partial charge in [0.2, 0.25) is 0 Å². The third-order valence-electron chi connectivity index (χ3n) is 10.1. The molecule has 0 nitrogen and oxygen atoms in total. The monoisotopic (exact) mass is 754 g/mol. The maximum Gasteiger partial charge on any atom is -1.00 e. The summed E-state index contributed by atoms with van der Waals surface area (Å²) in [6, 6.07) is 39.3. The number of allylic oxidation sites excluding steroid dienone is 4. The molecule has 0 fully saturated rings. The molecule has 49 heavy (non-hydrogen) atoms. The van der Waals surface area contributed by atoms with Crippen molar-refractivity contribution in [3.8, 4) is 33.4 Å². The van der Waals surface area contributed by atoms with Gasteiger partial charge in [-0.3, -0.25) is 0 Å². The van der Waals surface area contributed by atoms with Crippen LogP contribution in [0.25, 0.3) is 54.9 Å². The quantitative estimate of drug-likeness (QED) is 0.205. The fourth-order valence-corrected chi connectivity index (χ4v) is 11.5. The molecule has 0 aliphatic heterocycles. The minimum absolute atomic E-state index is 0. The fourth-order valence-electron chi connectivity index (χ4n) is 7.84. The summed E-state index contributed by atoms with van der Waals surface area (Å²) in [6.45, 7) is 14.4. The Morgan fingerprint density at radius 2 is 1.12 bits per heavy atom. The van der Waals surface area contributed by atoms with E-state index in [-0.39, 0.29) is 35.6 Å². The Labute approximate surface area is 316 Å². The number of benzene rings is 6. The predicted molar refractivity (Wildman–Crippen MR) is 199 cm³/mol. The van der Waals surface area contributed by atoms with Crippen LogP contribution in [0.5, 0.6) is 0 Å². The van der Waals surface area contributed by atoms with Gasteiger partial charge in [-0.1, -0.05) is 0 Å². The molecule has 0 aromatic heterocycles. The Bertz CT molecular complexity index is 2280. The van der Waals surface area contributed by atoms with Gasteiger partial charge in [0, 0.05) is 0 Å². The molecular weight excluding hydrogens is 715 g/mol. The smallest absolute Gasteiger partial charge is 1.00 e. The molecule has 0 radical (unpaired) electrons. The van der Waals surface area contributed by atoms with E-state index < -0.39 is 23.2 Å². The molecule has 0 spiro atoms. The standard InChI is InChI=1S/C41H37.C5H5.2ClH.Zr/c1-40(2,3)38-24-34-28(22-36(38)32-19-11-15-26-13-7-9-17-30(26)32)21-29-23-37(39(25-35(29)34)41(4,5)6)33-20-12-16-27-14-8-10-18-31(27)33;1-2-4-5-3-1;;;/h7-20,22,24-25H,21H2,1-6H3;1-3H,4H2;2*1H;/q;;;;+2/p-2. The van der Waals surface area contributed by atoms with Gasteiger partial charge in [-0.25, -0.2) is 0 Å². The SMILES string of the molecule is CC(C)(C)c1cc2c(cc1-c1cccc3ccccc13)Cc1c-2cc(C(C)(C)C)c(-c2cccc3ccccc23)[c]1[Zr+2][C]1=CC=CC1.[Cl-].[Cl-]. The zero-order chi connectivity index (χ0) is 32.5. The third kappa shape index (κ3) is 6.33. The molecule has 0 amide bonds. The summed E-state index contributed by atoms with van der Waals surface area (Å²) in [5.41, 5.74) is 14.6. The van der Waals surface area contributed by atoms with Crippen LogP contribution in [0.1, 0.15) is 70.2 Å². The second kappa shape index (κ2) is 13.5. The van der Waals surface area contributed by atoms with E-state index in [1.54, 1.807) is 12.1 Å². The average Bonchev–Trinajstić information content (AvgIpc) is 3.70. The molecule has 0 saturated heterocycles. The number of halogens is 2. The Hall–Kier alpha value is -3.22. The summed E-state index contributed by atoms with van der Waals surface area (Å²) in [6.07, 6.45) is 9.17. The van der Waals surface area contributed by atoms with E-state index in [2.05, 4.69) is 163 Å². The molecule has 0 heterocycles. The molecule has 244 valence electrons. The summed E-state index contributed by atoms with van der Waals surface area (Å²) in [5, 5.41) is 5.32. The first kappa shape index (κ1) is 35.6. The van der Waals surface area contributed by atoms with Crippen LogP contribution >= 0.6 is 0 Å². The van der Waals surface area contributed by atoms with E-state index in [1.165, 1.54) is 71.6 Å². The van der Waals surface area contributed by atoms with Crippen LogP contribution in [-0.2, 0) is 40.5 Å². The van der Waals surface area contributed by atoms with E-state index in [0.717, 1.165) is 12.8 Å². The second-order valence-corrected chi connectivity index (χ2v) is 18.9. The minimum Gasteiger partial charge on any atom is -1.00 e. The zero-order valence-electron chi connectivity index (χ0n) is 29.2. The summed E-state index contributed by atoms with van der Waals surface area (Å²) in [5.74, 6) is 0. The number of hydrogen-bond donors (Lipinski definition) is 0. The number of fused-ring (bicyclic) bond motifs is 5. The molecule has 0 unspecified atom stereocenters. The first-order valence-corrected chi connectivity index (χ1v) is 19.5. The molecule has 0 N–H and O–H groups in total. The van der Waals surface area contributed by atoms with Crippen LogP contribution in [0.2, 0.25) is 0 Å². The van der Waals surface area contributed by atoms with Crippen LogP contribution in [0, 0.1) is 0 Å². The van der Waals surface area contributed by atoms with Gasteiger partial charge < -0.3 is 24.8 Å². The van der Waals surface area contributed by atoms with Crippen LogP contribution in [0.3, 0.4) is 0 Å². The Morgan fingerprint density at radius 1 is 0.551 bits per heavy atom. The van der Waals surface area contributed by atoms with Gasteiger partial charge in [-0.05, 0) is 0 Å². The van der Waals surface area contributed by atoms with Crippen LogP contribution in [-0.4, -0.2) is 0 Å². The van der Waals surface area contributed by atoms with Crippen molar-refractivity contribution in [3.05, 3.63) is 147 Å². The summed E-state index contributed by atoms with van der Waals surface area (Å²) >= 11 is -1.10. The average molecular weight is 757 g/mol. The topological polar surface area (TPSA) is 0 Å². The fraction of sp³-hybridized carbons (Fsp3) is 0.217. The maximum atomic E-state index is 2.60. The van der Waals surface area contributed by atoms with E-state index in [9.17, 15) is 0 Å². The Morgan fingerprint density at radius 3 is 1.73 bits per heavy atom. The van der Waals surface area contributed by atoms with Crippen LogP contribution in [0.15, 0.2) is 125 Å². The van der Waals surface area contributed by atoms with Crippen molar-refractivity contribution in [1.29, 1.82) is 0 Å². The Balaban J connectivity index is 0.00000208.